The number of thiazole rings is 1. The SMILES string of the molecule is COc1ccc(S(=O)(=O)CCC(=O)N2CCN(c3nc4c(C)cc(C)cc4s3)CC2)cc1. The minimum absolute atomic E-state index is 0.0199. The lowest BCUT2D eigenvalue weighted by Gasteiger charge is -2.34. The Balaban J connectivity index is 1.34. The predicted molar refractivity (Wildman–Crippen MR) is 128 cm³/mol. The first-order valence-electron chi connectivity index (χ1n) is 10.5. The fraction of sp³-hybridized carbons (Fsp3) is 0.391. The molecule has 0 aliphatic carbocycles. The molecule has 2 heterocycles. The van der Waals surface area contributed by atoms with E-state index in [0.717, 1.165) is 10.6 Å². The van der Waals surface area contributed by atoms with Crippen molar-refractivity contribution in [2.45, 2.75) is 25.2 Å². The van der Waals surface area contributed by atoms with Crippen molar-refractivity contribution < 1.29 is 17.9 Å². The summed E-state index contributed by atoms with van der Waals surface area (Å²) in [5, 5.41) is 0.975. The molecule has 0 N–H and O–H groups in total. The van der Waals surface area contributed by atoms with Gasteiger partial charge in [-0.1, -0.05) is 17.4 Å². The molecule has 4 rings (SSSR count). The van der Waals surface area contributed by atoms with E-state index in [1.54, 1.807) is 28.4 Å². The lowest BCUT2D eigenvalue weighted by molar-refractivity contribution is -0.131. The number of benzene rings is 2. The van der Waals surface area contributed by atoms with Crippen LogP contribution in [0, 0.1) is 13.8 Å². The molecule has 32 heavy (non-hydrogen) atoms. The molecular weight excluding hydrogens is 446 g/mol. The van der Waals surface area contributed by atoms with Gasteiger partial charge in [-0.25, -0.2) is 13.4 Å². The number of nitrogens with zero attached hydrogens (tertiary/aromatic N) is 3. The van der Waals surface area contributed by atoms with E-state index in [9.17, 15) is 13.2 Å². The summed E-state index contributed by atoms with van der Waals surface area (Å²) in [5.41, 5.74) is 3.44. The van der Waals surface area contributed by atoms with Gasteiger partial charge < -0.3 is 14.5 Å². The van der Waals surface area contributed by atoms with E-state index in [1.165, 1.54) is 35.1 Å². The van der Waals surface area contributed by atoms with E-state index in [0.29, 0.717) is 31.9 Å². The van der Waals surface area contributed by atoms with Gasteiger partial charge in [0.25, 0.3) is 0 Å². The Hall–Kier alpha value is -2.65. The molecule has 1 aliphatic rings. The van der Waals surface area contributed by atoms with E-state index in [-0.39, 0.29) is 23.0 Å². The van der Waals surface area contributed by atoms with E-state index in [2.05, 4.69) is 30.9 Å². The van der Waals surface area contributed by atoms with Crippen LogP contribution in [0.4, 0.5) is 5.13 Å². The Morgan fingerprint density at radius 1 is 1.09 bits per heavy atom. The van der Waals surface area contributed by atoms with Gasteiger partial charge in [-0.2, -0.15) is 0 Å². The fourth-order valence-corrected chi connectivity index (χ4v) is 6.35. The number of sulfone groups is 1. The standard InChI is InChI=1S/C23H27N3O4S2/c1-16-14-17(2)22-20(15-16)31-23(24-22)26-11-9-25(10-12-26)21(27)8-13-32(28,29)19-6-4-18(30-3)5-7-19/h4-7,14-15H,8-13H2,1-3H3. The minimum Gasteiger partial charge on any atom is -0.497 e. The van der Waals surface area contributed by atoms with Crippen LogP contribution >= 0.6 is 11.3 Å². The highest BCUT2D eigenvalue weighted by molar-refractivity contribution is 7.91. The zero-order chi connectivity index (χ0) is 22.9. The summed E-state index contributed by atoms with van der Waals surface area (Å²) in [4.78, 5) is 21.6. The second-order valence-electron chi connectivity index (χ2n) is 8.04. The van der Waals surface area contributed by atoms with Gasteiger partial charge in [-0.15, -0.1) is 0 Å². The van der Waals surface area contributed by atoms with Crippen LogP contribution in [0.15, 0.2) is 41.3 Å². The third-order valence-electron chi connectivity index (χ3n) is 5.72. The van der Waals surface area contributed by atoms with E-state index < -0.39 is 9.84 Å². The summed E-state index contributed by atoms with van der Waals surface area (Å²) in [6.07, 6.45) is -0.0199. The first-order chi connectivity index (χ1) is 15.3. The quantitative estimate of drug-likeness (QED) is 0.546. The first kappa shape index (κ1) is 22.5. The zero-order valence-corrected chi connectivity index (χ0v) is 20.1. The van der Waals surface area contributed by atoms with E-state index in [4.69, 9.17) is 9.72 Å². The molecule has 1 aromatic heterocycles. The van der Waals surface area contributed by atoms with Crippen LogP contribution < -0.4 is 9.64 Å². The average molecular weight is 474 g/mol. The van der Waals surface area contributed by atoms with Crippen LogP contribution in [-0.4, -0.2) is 63.3 Å². The van der Waals surface area contributed by atoms with Crippen LogP contribution in [-0.2, 0) is 14.6 Å². The lowest BCUT2D eigenvalue weighted by atomic mass is 10.1. The summed E-state index contributed by atoms with van der Waals surface area (Å²) in [6.45, 7) is 6.68. The van der Waals surface area contributed by atoms with Gasteiger partial charge in [0.15, 0.2) is 15.0 Å². The maximum Gasteiger partial charge on any atom is 0.223 e. The Morgan fingerprint density at radius 2 is 1.78 bits per heavy atom. The van der Waals surface area contributed by atoms with Gasteiger partial charge in [0.2, 0.25) is 5.91 Å². The summed E-state index contributed by atoms with van der Waals surface area (Å²) in [5.74, 6) is 0.267. The molecule has 3 aromatic rings. The minimum atomic E-state index is -3.52. The number of ether oxygens (including phenoxy) is 1. The maximum atomic E-state index is 12.7. The number of rotatable bonds is 6. The van der Waals surface area contributed by atoms with Crippen LogP contribution in [0.1, 0.15) is 17.5 Å². The highest BCUT2D eigenvalue weighted by Crippen LogP contribution is 2.32. The summed E-state index contributed by atoms with van der Waals surface area (Å²) in [7, 11) is -1.99. The normalized spacial score (nSPS) is 14.7. The second-order valence-corrected chi connectivity index (χ2v) is 11.2. The molecular formula is C23H27N3O4S2. The van der Waals surface area contributed by atoms with Gasteiger partial charge in [-0.05, 0) is 55.3 Å². The smallest absolute Gasteiger partial charge is 0.223 e. The monoisotopic (exact) mass is 473 g/mol. The Labute approximate surface area is 192 Å². The van der Waals surface area contributed by atoms with Crippen molar-refractivity contribution in [2.75, 3.05) is 43.9 Å². The molecule has 0 unspecified atom stereocenters. The molecule has 0 radical (unpaired) electrons. The zero-order valence-electron chi connectivity index (χ0n) is 18.5. The molecule has 2 aromatic carbocycles. The number of amides is 1. The van der Waals surface area contributed by atoms with Gasteiger partial charge in [0, 0.05) is 32.6 Å². The molecule has 0 spiro atoms. The summed E-state index contributed by atoms with van der Waals surface area (Å²) >= 11 is 1.68. The second kappa shape index (κ2) is 9.07. The number of aryl methyl sites for hydroxylation is 2. The number of fused-ring (bicyclic) bond motifs is 1. The van der Waals surface area contributed by atoms with Gasteiger partial charge in [0.1, 0.15) is 5.75 Å². The predicted octanol–water partition coefficient (Wildman–Crippen LogP) is 3.43. The third kappa shape index (κ3) is 4.73. The van der Waals surface area contributed by atoms with Crippen molar-refractivity contribution in [1.29, 1.82) is 0 Å². The number of carbonyl (C=O) groups excluding carboxylic acids is 1. The van der Waals surface area contributed by atoms with Crippen LogP contribution in [0.25, 0.3) is 10.2 Å². The van der Waals surface area contributed by atoms with Crippen molar-refractivity contribution >= 4 is 42.4 Å². The van der Waals surface area contributed by atoms with Gasteiger partial charge in [-0.3, -0.25) is 4.79 Å². The van der Waals surface area contributed by atoms with E-state index in [1.807, 2.05) is 0 Å². The van der Waals surface area contributed by atoms with Crippen molar-refractivity contribution in [1.82, 2.24) is 9.88 Å². The molecule has 0 bridgehead atoms. The summed E-state index contributed by atoms with van der Waals surface area (Å²) < 4.78 is 31.4. The van der Waals surface area contributed by atoms with Crippen LogP contribution in [0.2, 0.25) is 0 Å². The highest BCUT2D eigenvalue weighted by atomic mass is 32.2. The Bertz CT molecular complexity index is 1230. The Morgan fingerprint density at radius 3 is 2.44 bits per heavy atom. The third-order valence-corrected chi connectivity index (χ3v) is 8.52. The van der Waals surface area contributed by atoms with Crippen molar-refractivity contribution in [3.8, 4) is 5.75 Å². The highest BCUT2D eigenvalue weighted by Gasteiger charge is 2.25. The van der Waals surface area contributed by atoms with Gasteiger partial charge in [0.05, 0.1) is 28.0 Å². The molecule has 1 aliphatic heterocycles. The lowest BCUT2D eigenvalue weighted by Crippen LogP contribution is -2.49. The topological polar surface area (TPSA) is 79.8 Å². The number of aromatic nitrogens is 1. The first-order valence-corrected chi connectivity index (χ1v) is 13.0. The molecule has 170 valence electrons. The van der Waals surface area contributed by atoms with Crippen LogP contribution in [0.5, 0.6) is 5.75 Å². The Kier molecular flexibility index (Phi) is 6.39. The number of hydrogen-bond donors (Lipinski definition) is 0. The van der Waals surface area contributed by atoms with E-state index >= 15 is 0 Å². The molecule has 1 amide bonds. The average Bonchev–Trinajstić information content (AvgIpc) is 3.22. The molecule has 1 fully saturated rings. The van der Waals surface area contributed by atoms with Crippen molar-refractivity contribution in [2.24, 2.45) is 0 Å². The number of carbonyl (C=O) groups is 1. The number of anilines is 1. The van der Waals surface area contributed by atoms with Crippen molar-refractivity contribution in [3.63, 3.8) is 0 Å². The molecule has 9 heteroatoms. The number of hydrogen-bond acceptors (Lipinski definition) is 7. The number of piperazine rings is 1. The van der Waals surface area contributed by atoms with Gasteiger partial charge >= 0.3 is 0 Å². The largest absolute Gasteiger partial charge is 0.497 e. The van der Waals surface area contributed by atoms with Crippen LogP contribution in [0.3, 0.4) is 0 Å². The molecule has 1 saturated heterocycles. The molecule has 7 nitrogen and oxygen atoms in total. The maximum absolute atomic E-state index is 12.7. The fourth-order valence-electron chi connectivity index (χ4n) is 3.92. The number of methoxy groups -OCH3 is 1. The molecule has 0 saturated carbocycles. The molecule has 0 atom stereocenters. The summed E-state index contributed by atoms with van der Waals surface area (Å²) in [6, 6.07) is 10.5. The van der Waals surface area contributed by atoms with Crippen molar-refractivity contribution in [3.05, 3.63) is 47.5 Å².